The highest BCUT2D eigenvalue weighted by molar-refractivity contribution is 8.14. The average molecular weight is 261 g/mol. The summed E-state index contributed by atoms with van der Waals surface area (Å²) in [6.45, 7) is 1.67. The van der Waals surface area contributed by atoms with Gasteiger partial charge in [0.1, 0.15) is 6.61 Å². The van der Waals surface area contributed by atoms with Gasteiger partial charge in [0, 0.05) is 25.5 Å². The van der Waals surface area contributed by atoms with Crippen molar-refractivity contribution < 1.29 is 14.3 Å². The number of primary amides is 1. The van der Waals surface area contributed by atoms with Crippen LogP contribution in [0.25, 0.3) is 0 Å². The van der Waals surface area contributed by atoms with Crippen molar-refractivity contribution in [2.75, 3.05) is 39.2 Å². The second kappa shape index (κ2) is 8.32. The Morgan fingerprint density at radius 3 is 3.18 bits per heavy atom. The lowest BCUT2D eigenvalue weighted by Crippen LogP contribution is -2.28. The lowest BCUT2D eigenvalue weighted by molar-refractivity contribution is -0.122. The van der Waals surface area contributed by atoms with Crippen molar-refractivity contribution in [1.82, 2.24) is 5.32 Å². The first kappa shape index (κ1) is 14.3. The number of carbonyl (C=O) groups excluding carboxylic acids is 1. The molecule has 3 N–H and O–H groups in total. The van der Waals surface area contributed by atoms with E-state index >= 15 is 0 Å². The zero-order valence-electron chi connectivity index (χ0n) is 9.98. The maximum atomic E-state index is 10.4. The predicted molar refractivity (Wildman–Crippen MR) is 68.2 cm³/mol. The Balaban J connectivity index is 2.08. The van der Waals surface area contributed by atoms with E-state index in [0.717, 1.165) is 23.9 Å². The number of rotatable bonds is 8. The zero-order valence-corrected chi connectivity index (χ0v) is 10.8. The minimum atomic E-state index is -0.453. The summed E-state index contributed by atoms with van der Waals surface area (Å²) in [4.78, 5) is 14.7. The van der Waals surface area contributed by atoms with E-state index in [1.807, 2.05) is 0 Å². The van der Waals surface area contributed by atoms with Crippen molar-refractivity contribution >= 4 is 22.8 Å². The molecule has 1 aliphatic rings. The third kappa shape index (κ3) is 6.50. The smallest absolute Gasteiger partial charge is 0.243 e. The van der Waals surface area contributed by atoms with E-state index in [-0.39, 0.29) is 6.61 Å². The molecule has 0 spiro atoms. The quantitative estimate of drug-likeness (QED) is 0.580. The summed E-state index contributed by atoms with van der Waals surface area (Å²) >= 11 is 1.70. The molecule has 0 bridgehead atoms. The first-order valence-electron chi connectivity index (χ1n) is 5.51. The van der Waals surface area contributed by atoms with Crippen LogP contribution in [-0.2, 0) is 14.3 Å². The first-order chi connectivity index (χ1) is 8.22. The van der Waals surface area contributed by atoms with E-state index in [1.54, 1.807) is 18.9 Å². The van der Waals surface area contributed by atoms with Crippen LogP contribution >= 0.6 is 11.8 Å². The number of amidine groups is 1. The van der Waals surface area contributed by atoms with E-state index in [4.69, 9.17) is 15.2 Å². The monoisotopic (exact) mass is 261 g/mol. The Morgan fingerprint density at radius 1 is 1.65 bits per heavy atom. The molecular weight excluding hydrogens is 242 g/mol. The van der Waals surface area contributed by atoms with E-state index in [9.17, 15) is 4.79 Å². The largest absolute Gasteiger partial charge is 0.385 e. The summed E-state index contributed by atoms with van der Waals surface area (Å²) in [6.07, 6.45) is 0.987. The second-order valence-electron chi connectivity index (χ2n) is 3.64. The summed E-state index contributed by atoms with van der Waals surface area (Å²) in [5.41, 5.74) is 4.93. The fourth-order valence-corrected chi connectivity index (χ4v) is 2.37. The van der Waals surface area contributed by atoms with Crippen LogP contribution in [-0.4, -0.2) is 56.3 Å². The average Bonchev–Trinajstić information content (AvgIpc) is 2.73. The van der Waals surface area contributed by atoms with Crippen molar-refractivity contribution in [3.05, 3.63) is 0 Å². The van der Waals surface area contributed by atoms with Gasteiger partial charge in [-0.1, -0.05) is 11.8 Å². The maximum Gasteiger partial charge on any atom is 0.243 e. The number of thioether (sulfide) groups is 1. The van der Waals surface area contributed by atoms with Crippen molar-refractivity contribution in [2.24, 2.45) is 10.7 Å². The Kier molecular flexibility index (Phi) is 6.99. The van der Waals surface area contributed by atoms with Crippen LogP contribution in [0.15, 0.2) is 4.99 Å². The van der Waals surface area contributed by atoms with Gasteiger partial charge in [0.25, 0.3) is 0 Å². The highest BCUT2D eigenvalue weighted by atomic mass is 32.2. The molecule has 98 valence electrons. The molecule has 1 aliphatic heterocycles. The Hall–Kier alpha value is -0.790. The fraction of sp³-hybridized carbons (Fsp3) is 0.800. The highest BCUT2D eigenvalue weighted by Gasteiger charge is 2.19. The summed E-state index contributed by atoms with van der Waals surface area (Å²) in [6, 6.07) is 0.435. The number of hydrogen-bond acceptors (Lipinski definition) is 5. The van der Waals surface area contributed by atoms with E-state index in [0.29, 0.717) is 19.2 Å². The number of carbonyl (C=O) groups is 1. The molecule has 1 saturated heterocycles. The normalized spacial score (nSPS) is 21.7. The van der Waals surface area contributed by atoms with Gasteiger partial charge >= 0.3 is 0 Å². The molecular formula is C10H19N3O3S. The Morgan fingerprint density at radius 2 is 2.47 bits per heavy atom. The molecule has 1 unspecified atom stereocenters. The molecule has 0 aliphatic carbocycles. The molecule has 1 rings (SSSR count). The van der Waals surface area contributed by atoms with Gasteiger partial charge in [-0.15, -0.1) is 0 Å². The molecule has 1 atom stereocenters. The van der Waals surface area contributed by atoms with Crippen LogP contribution in [0.5, 0.6) is 0 Å². The molecule has 0 aromatic carbocycles. The molecule has 17 heavy (non-hydrogen) atoms. The summed E-state index contributed by atoms with van der Waals surface area (Å²) in [5.74, 6) is 0.565. The number of hydrogen-bond donors (Lipinski definition) is 2. The molecule has 0 aromatic heterocycles. The van der Waals surface area contributed by atoms with Crippen molar-refractivity contribution in [3.8, 4) is 0 Å². The van der Waals surface area contributed by atoms with Crippen LogP contribution in [0.3, 0.4) is 0 Å². The number of nitrogens with one attached hydrogen (secondary N) is 1. The Bertz CT molecular complexity index is 274. The van der Waals surface area contributed by atoms with Gasteiger partial charge in [-0.2, -0.15) is 0 Å². The number of amides is 1. The summed E-state index contributed by atoms with van der Waals surface area (Å²) in [5, 5.41) is 4.25. The number of nitrogens with two attached hydrogens (primary N) is 1. The molecule has 0 radical (unpaired) electrons. The number of methoxy groups -OCH3 is 1. The third-order valence-corrected chi connectivity index (χ3v) is 3.24. The van der Waals surface area contributed by atoms with Crippen LogP contribution < -0.4 is 11.1 Å². The zero-order chi connectivity index (χ0) is 12.5. The standard InChI is InChI=1S/C10H19N3O3S/c1-15-4-2-8-7-17-10(13-8)12-3-5-16-6-9(11)14/h8H,2-7H2,1H3,(H2,11,14)(H,12,13). The highest BCUT2D eigenvalue weighted by Crippen LogP contribution is 2.15. The van der Waals surface area contributed by atoms with Crippen LogP contribution in [0, 0.1) is 0 Å². The van der Waals surface area contributed by atoms with Gasteiger partial charge in [-0.3, -0.25) is 9.79 Å². The topological polar surface area (TPSA) is 85.9 Å². The minimum absolute atomic E-state index is 0.0398. The lowest BCUT2D eigenvalue weighted by atomic mass is 10.2. The molecule has 6 nitrogen and oxygen atoms in total. The van der Waals surface area contributed by atoms with Gasteiger partial charge < -0.3 is 20.5 Å². The number of nitrogens with zero attached hydrogens (tertiary/aromatic N) is 1. The van der Waals surface area contributed by atoms with E-state index < -0.39 is 5.91 Å². The molecule has 0 aromatic rings. The molecule has 1 amide bonds. The number of ether oxygens (including phenoxy) is 2. The van der Waals surface area contributed by atoms with Gasteiger partial charge in [0.15, 0.2) is 5.17 Å². The first-order valence-corrected chi connectivity index (χ1v) is 6.49. The van der Waals surface area contributed by atoms with Crippen molar-refractivity contribution in [3.63, 3.8) is 0 Å². The van der Waals surface area contributed by atoms with Gasteiger partial charge in [-0.25, -0.2) is 0 Å². The van der Waals surface area contributed by atoms with Gasteiger partial charge in [-0.05, 0) is 6.42 Å². The van der Waals surface area contributed by atoms with Crippen molar-refractivity contribution in [2.45, 2.75) is 12.5 Å². The van der Waals surface area contributed by atoms with Crippen LogP contribution in [0.4, 0.5) is 0 Å². The second-order valence-corrected chi connectivity index (χ2v) is 4.65. The molecule has 1 fully saturated rings. The van der Waals surface area contributed by atoms with E-state index in [1.165, 1.54) is 0 Å². The van der Waals surface area contributed by atoms with Crippen LogP contribution in [0.2, 0.25) is 0 Å². The molecule has 7 heteroatoms. The van der Waals surface area contributed by atoms with Gasteiger partial charge in [0.05, 0.1) is 13.2 Å². The van der Waals surface area contributed by atoms with E-state index in [2.05, 4.69) is 10.3 Å². The Labute approximate surface area is 105 Å². The SMILES string of the molecule is COCCC1CSC(=NCCOCC(N)=O)N1. The summed E-state index contributed by atoms with van der Waals surface area (Å²) in [7, 11) is 1.70. The summed E-state index contributed by atoms with van der Waals surface area (Å²) < 4.78 is 10.0. The maximum absolute atomic E-state index is 10.4. The third-order valence-electron chi connectivity index (χ3n) is 2.15. The van der Waals surface area contributed by atoms with Crippen molar-refractivity contribution in [1.29, 1.82) is 0 Å². The fourth-order valence-electron chi connectivity index (χ4n) is 1.33. The lowest BCUT2D eigenvalue weighted by Gasteiger charge is -2.08. The minimum Gasteiger partial charge on any atom is -0.385 e. The molecule has 0 saturated carbocycles. The predicted octanol–water partition coefficient (Wildman–Crippen LogP) is -0.414. The van der Waals surface area contributed by atoms with Gasteiger partial charge in [0.2, 0.25) is 5.91 Å². The van der Waals surface area contributed by atoms with Crippen LogP contribution in [0.1, 0.15) is 6.42 Å². The molecule has 1 heterocycles. The number of aliphatic imine (C=N–C) groups is 1.